The molecule has 4 saturated carbocycles. The van der Waals surface area contributed by atoms with Crippen LogP contribution in [0.1, 0.15) is 44.9 Å². The van der Waals surface area contributed by atoms with Gasteiger partial charge < -0.3 is 0 Å². The summed E-state index contributed by atoms with van der Waals surface area (Å²) in [6, 6.07) is 1.13. The molecule has 4 aliphatic carbocycles. The largest absolute Gasteiger partial charge is 0.278 e. The average Bonchev–Trinajstić information content (AvgIpc) is 2.56. The van der Waals surface area contributed by atoms with Gasteiger partial charge in [-0.25, -0.2) is 21.6 Å². The maximum absolute atomic E-state index is 13.7. The molecule has 27 heavy (non-hydrogen) atoms. The van der Waals surface area contributed by atoms with E-state index in [2.05, 4.69) is 5.43 Å². The Labute approximate surface area is 155 Å². The number of halogens is 3. The minimum atomic E-state index is -4.55. The Bertz CT molecular complexity index is 853. The Morgan fingerprint density at radius 1 is 1.00 bits per heavy atom. The summed E-state index contributed by atoms with van der Waals surface area (Å²) in [5, 5.41) is 0. The quantitative estimate of drug-likeness (QED) is 0.587. The predicted octanol–water partition coefficient (Wildman–Crippen LogP) is 3.02. The molecule has 148 valence electrons. The monoisotopic (exact) mass is 402 g/mol. The van der Waals surface area contributed by atoms with Crippen molar-refractivity contribution in [3.05, 3.63) is 29.6 Å². The van der Waals surface area contributed by atoms with E-state index < -0.39 is 38.3 Å². The second-order valence-electron chi connectivity index (χ2n) is 8.42. The van der Waals surface area contributed by atoms with Crippen molar-refractivity contribution in [3.8, 4) is 0 Å². The summed E-state index contributed by atoms with van der Waals surface area (Å²) in [5.74, 6) is -3.73. The third kappa shape index (κ3) is 3.47. The number of nitrogens with one attached hydrogen (secondary N) is 2. The van der Waals surface area contributed by atoms with Crippen molar-refractivity contribution in [1.82, 2.24) is 10.3 Å². The number of amides is 1. The highest BCUT2D eigenvalue weighted by molar-refractivity contribution is 7.89. The minimum absolute atomic E-state index is 0.0858. The Kier molecular flexibility index (Phi) is 4.50. The van der Waals surface area contributed by atoms with Gasteiger partial charge in [-0.3, -0.25) is 10.2 Å². The number of sulfonamides is 1. The first kappa shape index (κ1) is 18.7. The molecule has 0 heterocycles. The fourth-order valence-corrected chi connectivity index (χ4v) is 6.72. The molecule has 0 radical (unpaired) electrons. The first-order valence-electron chi connectivity index (χ1n) is 9.12. The van der Waals surface area contributed by atoms with E-state index in [0.29, 0.717) is 29.9 Å². The maximum Gasteiger partial charge on any atom is 0.260 e. The highest BCUT2D eigenvalue weighted by Crippen LogP contribution is 2.61. The molecule has 4 aliphatic rings. The molecular formula is C18H21F3N2O3S. The van der Waals surface area contributed by atoms with Crippen molar-refractivity contribution < 1.29 is 26.4 Å². The van der Waals surface area contributed by atoms with Gasteiger partial charge in [0, 0.05) is 6.42 Å². The molecule has 0 atom stereocenters. The number of carbonyl (C=O) groups is 1. The third-order valence-corrected chi connectivity index (χ3v) is 7.58. The van der Waals surface area contributed by atoms with Crippen LogP contribution in [0.4, 0.5) is 13.2 Å². The van der Waals surface area contributed by atoms with E-state index in [-0.39, 0.29) is 11.8 Å². The lowest BCUT2D eigenvalue weighted by Crippen LogP contribution is -2.50. The topological polar surface area (TPSA) is 75.3 Å². The fourth-order valence-electron chi connectivity index (χ4n) is 5.79. The zero-order chi connectivity index (χ0) is 19.4. The Morgan fingerprint density at radius 2 is 1.56 bits per heavy atom. The van der Waals surface area contributed by atoms with Crippen molar-refractivity contribution in [3.63, 3.8) is 0 Å². The van der Waals surface area contributed by atoms with Gasteiger partial charge in [0.25, 0.3) is 10.0 Å². The van der Waals surface area contributed by atoms with Gasteiger partial charge in [0.05, 0.1) is 0 Å². The third-order valence-electron chi connectivity index (χ3n) is 6.31. The fraction of sp³-hybridized carbons (Fsp3) is 0.611. The number of rotatable bonds is 5. The molecular weight excluding hydrogens is 381 g/mol. The lowest BCUT2D eigenvalue weighted by molar-refractivity contribution is -0.129. The van der Waals surface area contributed by atoms with Crippen LogP contribution in [0, 0.1) is 40.6 Å². The van der Waals surface area contributed by atoms with Crippen molar-refractivity contribution in [2.24, 2.45) is 23.2 Å². The van der Waals surface area contributed by atoms with Gasteiger partial charge in [-0.1, -0.05) is 0 Å². The van der Waals surface area contributed by atoms with Crippen molar-refractivity contribution in [1.29, 1.82) is 0 Å². The second-order valence-corrected chi connectivity index (χ2v) is 10.1. The minimum Gasteiger partial charge on any atom is -0.278 e. The summed E-state index contributed by atoms with van der Waals surface area (Å²) in [5.41, 5.74) is 2.01. The van der Waals surface area contributed by atoms with Crippen molar-refractivity contribution in [2.45, 2.75) is 49.8 Å². The number of hydrazine groups is 1. The highest BCUT2D eigenvalue weighted by Gasteiger charge is 2.51. The first-order valence-corrected chi connectivity index (χ1v) is 10.6. The van der Waals surface area contributed by atoms with Crippen LogP contribution in [-0.4, -0.2) is 14.3 Å². The Morgan fingerprint density at radius 3 is 2.11 bits per heavy atom. The number of hydrogen-bond acceptors (Lipinski definition) is 3. The van der Waals surface area contributed by atoms with Crippen LogP contribution in [0.3, 0.4) is 0 Å². The highest BCUT2D eigenvalue weighted by atomic mass is 32.2. The molecule has 5 nitrogen and oxygen atoms in total. The molecule has 5 rings (SSSR count). The Balaban J connectivity index is 1.41. The summed E-state index contributed by atoms with van der Waals surface area (Å²) in [4.78, 5) is 13.1. The van der Waals surface area contributed by atoms with E-state index in [4.69, 9.17) is 0 Å². The lowest BCUT2D eigenvalue weighted by Gasteiger charge is -2.56. The summed E-state index contributed by atoms with van der Waals surface area (Å²) >= 11 is 0. The standard InChI is InChI=1S/C18H21F3N2O3S/c19-13-1-2-14(17(21)16(13)20)27(25,26)23-22-15(24)9-18-6-10-3-11(7-18)5-12(4-10)8-18/h1-2,10-12,23H,3-9H2,(H,22,24). The average molecular weight is 402 g/mol. The summed E-state index contributed by atoms with van der Waals surface area (Å²) in [7, 11) is -4.55. The van der Waals surface area contributed by atoms with Crippen LogP contribution in [0.2, 0.25) is 0 Å². The first-order chi connectivity index (χ1) is 12.7. The van der Waals surface area contributed by atoms with Gasteiger partial charge in [0.15, 0.2) is 17.5 Å². The van der Waals surface area contributed by atoms with E-state index in [1.807, 2.05) is 0 Å². The molecule has 2 N–H and O–H groups in total. The number of benzene rings is 1. The van der Waals surface area contributed by atoms with E-state index in [1.54, 1.807) is 4.83 Å². The van der Waals surface area contributed by atoms with Gasteiger partial charge in [-0.15, -0.1) is 4.83 Å². The molecule has 0 unspecified atom stereocenters. The van der Waals surface area contributed by atoms with Gasteiger partial charge in [0.2, 0.25) is 5.91 Å². The molecule has 9 heteroatoms. The second kappa shape index (κ2) is 6.48. The van der Waals surface area contributed by atoms with E-state index in [1.165, 1.54) is 19.3 Å². The molecule has 0 aliphatic heterocycles. The van der Waals surface area contributed by atoms with Crippen LogP contribution in [0.25, 0.3) is 0 Å². The summed E-state index contributed by atoms with van der Waals surface area (Å²) in [6.45, 7) is 0. The van der Waals surface area contributed by atoms with Crippen LogP contribution in [0.15, 0.2) is 17.0 Å². The zero-order valence-electron chi connectivity index (χ0n) is 14.6. The van der Waals surface area contributed by atoms with Crippen molar-refractivity contribution in [2.75, 3.05) is 0 Å². The van der Waals surface area contributed by atoms with Gasteiger partial charge in [0.1, 0.15) is 4.90 Å². The predicted molar refractivity (Wildman–Crippen MR) is 90.0 cm³/mol. The van der Waals surface area contributed by atoms with Gasteiger partial charge in [-0.05, 0) is 73.8 Å². The lowest BCUT2D eigenvalue weighted by atomic mass is 9.49. The van der Waals surface area contributed by atoms with Crippen LogP contribution < -0.4 is 10.3 Å². The van der Waals surface area contributed by atoms with Crippen LogP contribution in [0.5, 0.6) is 0 Å². The van der Waals surface area contributed by atoms with Crippen LogP contribution in [-0.2, 0) is 14.8 Å². The molecule has 1 amide bonds. The molecule has 4 bridgehead atoms. The SMILES string of the molecule is O=C(CC12CC3CC(CC(C3)C1)C2)NNS(=O)(=O)c1ccc(F)c(F)c1F. The van der Waals surface area contributed by atoms with Gasteiger partial charge >= 0.3 is 0 Å². The smallest absolute Gasteiger partial charge is 0.260 e. The molecule has 1 aromatic carbocycles. The van der Waals surface area contributed by atoms with Crippen molar-refractivity contribution >= 4 is 15.9 Å². The molecule has 4 fully saturated rings. The molecule has 0 saturated heterocycles. The molecule has 1 aromatic rings. The molecule has 0 aromatic heterocycles. The van der Waals surface area contributed by atoms with Gasteiger partial charge in [-0.2, -0.15) is 0 Å². The van der Waals surface area contributed by atoms with Crippen LogP contribution >= 0.6 is 0 Å². The summed E-state index contributed by atoms with van der Waals surface area (Å²) < 4.78 is 64.2. The zero-order valence-corrected chi connectivity index (χ0v) is 15.4. The van der Waals surface area contributed by atoms with E-state index in [0.717, 1.165) is 19.3 Å². The van der Waals surface area contributed by atoms with E-state index in [9.17, 15) is 26.4 Å². The number of carbonyl (C=O) groups excluding carboxylic acids is 1. The normalized spacial score (nSPS) is 31.9. The summed E-state index contributed by atoms with van der Waals surface area (Å²) in [6.07, 6.45) is 6.83. The van der Waals surface area contributed by atoms with E-state index >= 15 is 0 Å². The number of hydrogen-bond donors (Lipinski definition) is 2. The Hall–Kier alpha value is -1.61. The maximum atomic E-state index is 13.7. The molecule has 0 spiro atoms.